The number of carbonyl (C=O) groups is 1. The van der Waals surface area contributed by atoms with Gasteiger partial charge in [0.1, 0.15) is 12.4 Å². The van der Waals surface area contributed by atoms with Gasteiger partial charge < -0.3 is 23.8 Å². The van der Waals surface area contributed by atoms with Gasteiger partial charge in [-0.3, -0.25) is 4.79 Å². The van der Waals surface area contributed by atoms with Crippen LogP contribution in [0.1, 0.15) is 28.3 Å². The summed E-state index contributed by atoms with van der Waals surface area (Å²) in [7, 11) is 6.09. The minimum Gasteiger partial charge on any atom is -0.493 e. The molecule has 0 unspecified atom stereocenters. The van der Waals surface area contributed by atoms with Crippen molar-refractivity contribution in [1.82, 2.24) is 4.90 Å². The molecule has 0 saturated heterocycles. The lowest BCUT2D eigenvalue weighted by molar-refractivity contribution is -0.141. The molecule has 176 valence electrons. The lowest BCUT2D eigenvalue weighted by Crippen LogP contribution is -2.42. The van der Waals surface area contributed by atoms with Crippen LogP contribution in [0.4, 0.5) is 5.69 Å². The fraction of sp³-hybridized carbons (Fsp3) is 0.259. The van der Waals surface area contributed by atoms with Crippen molar-refractivity contribution in [3.8, 4) is 17.2 Å². The molecule has 1 aliphatic heterocycles. The molecule has 34 heavy (non-hydrogen) atoms. The van der Waals surface area contributed by atoms with Gasteiger partial charge in [-0.25, -0.2) is 4.99 Å². The quantitative estimate of drug-likeness (QED) is 0.477. The van der Waals surface area contributed by atoms with E-state index in [1.54, 1.807) is 21.3 Å². The zero-order chi connectivity index (χ0) is 24.2. The first-order valence-electron chi connectivity index (χ1n) is 10.9. The van der Waals surface area contributed by atoms with Gasteiger partial charge in [0.15, 0.2) is 11.5 Å². The molecule has 1 atom stereocenters. The highest BCUT2D eigenvalue weighted by molar-refractivity contribution is 6.04. The molecule has 0 bridgehead atoms. The third-order valence-electron chi connectivity index (χ3n) is 5.88. The van der Waals surface area contributed by atoms with Crippen LogP contribution in [0.3, 0.4) is 0 Å². The zero-order valence-electron chi connectivity index (χ0n) is 20.0. The minimum atomic E-state index is -0.364. The lowest BCUT2D eigenvalue weighted by atomic mass is 9.92. The Morgan fingerprint density at radius 2 is 1.56 bits per heavy atom. The highest BCUT2D eigenvalue weighted by Crippen LogP contribution is 2.43. The molecule has 0 amide bonds. The number of esters is 1. The number of hydrogen-bond donors (Lipinski definition) is 0. The van der Waals surface area contributed by atoms with E-state index >= 15 is 0 Å². The van der Waals surface area contributed by atoms with Crippen molar-refractivity contribution >= 4 is 17.5 Å². The second kappa shape index (κ2) is 9.87. The summed E-state index contributed by atoms with van der Waals surface area (Å²) in [6.45, 7) is 2.06. The van der Waals surface area contributed by atoms with E-state index in [2.05, 4.69) is 24.3 Å². The summed E-state index contributed by atoms with van der Waals surface area (Å²) in [5.74, 6) is 1.73. The fourth-order valence-corrected chi connectivity index (χ4v) is 4.21. The molecule has 0 spiro atoms. The highest BCUT2D eigenvalue weighted by atomic mass is 16.5. The number of rotatable bonds is 7. The topological polar surface area (TPSA) is 69.6 Å². The van der Waals surface area contributed by atoms with E-state index < -0.39 is 0 Å². The van der Waals surface area contributed by atoms with Crippen molar-refractivity contribution in [3.63, 3.8) is 0 Å². The predicted molar refractivity (Wildman–Crippen MR) is 130 cm³/mol. The van der Waals surface area contributed by atoms with Gasteiger partial charge in [-0.05, 0) is 30.7 Å². The summed E-state index contributed by atoms with van der Waals surface area (Å²) in [5.41, 5.74) is 4.77. The molecule has 7 heteroatoms. The Balaban J connectivity index is 1.96. The Bertz CT molecular complexity index is 1190. The van der Waals surface area contributed by atoms with Crippen molar-refractivity contribution in [2.75, 3.05) is 35.0 Å². The lowest BCUT2D eigenvalue weighted by Gasteiger charge is -2.38. The molecule has 1 aliphatic rings. The van der Waals surface area contributed by atoms with Gasteiger partial charge >= 0.3 is 5.97 Å². The second-order valence-electron chi connectivity index (χ2n) is 7.93. The number of ether oxygens (including phenoxy) is 4. The number of fused-ring (bicyclic) bond motifs is 1. The Labute approximate surface area is 199 Å². The molecule has 7 nitrogen and oxygen atoms in total. The van der Waals surface area contributed by atoms with Gasteiger partial charge in [0, 0.05) is 11.1 Å². The Kier molecular flexibility index (Phi) is 6.72. The average molecular weight is 461 g/mol. The number of aliphatic imine (C=N–C) groups is 1. The zero-order valence-corrected chi connectivity index (χ0v) is 20.0. The number of aryl methyl sites for hydroxylation is 1. The molecule has 0 radical (unpaired) electrons. The van der Waals surface area contributed by atoms with Gasteiger partial charge in [0.05, 0.1) is 40.2 Å². The van der Waals surface area contributed by atoms with E-state index in [1.807, 2.05) is 48.2 Å². The largest absolute Gasteiger partial charge is 0.493 e. The van der Waals surface area contributed by atoms with Crippen LogP contribution in [0.2, 0.25) is 0 Å². The van der Waals surface area contributed by atoms with Crippen LogP contribution in [-0.2, 0) is 9.53 Å². The summed E-state index contributed by atoms with van der Waals surface area (Å²) in [6, 6.07) is 19.7. The molecule has 3 aromatic rings. The van der Waals surface area contributed by atoms with E-state index in [0.29, 0.717) is 23.1 Å². The summed E-state index contributed by atoms with van der Waals surface area (Å²) in [5, 5.41) is 0. The monoisotopic (exact) mass is 460 g/mol. The average Bonchev–Trinajstić information content (AvgIpc) is 2.87. The van der Waals surface area contributed by atoms with Gasteiger partial charge in [-0.2, -0.15) is 0 Å². The number of hydrogen-bond acceptors (Lipinski definition) is 7. The predicted octanol–water partition coefficient (Wildman–Crippen LogP) is 4.68. The molecular weight excluding hydrogens is 432 g/mol. The van der Waals surface area contributed by atoms with E-state index in [-0.39, 0.29) is 18.6 Å². The summed E-state index contributed by atoms with van der Waals surface area (Å²) >= 11 is 0. The number of benzene rings is 3. The third-order valence-corrected chi connectivity index (χ3v) is 5.88. The SMILES string of the molecule is COC(=O)CN1C(c2cc(OC)c(OC)c(OC)c2)=Nc2ccccc2[C@@H]1c1ccc(C)cc1. The van der Waals surface area contributed by atoms with Crippen LogP contribution in [0, 0.1) is 6.92 Å². The molecule has 0 N–H and O–H groups in total. The summed E-state index contributed by atoms with van der Waals surface area (Å²) in [4.78, 5) is 19.5. The third kappa shape index (κ3) is 4.29. The second-order valence-corrected chi connectivity index (χ2v) is 7.93. The fourth-order valence-electron chi connectivity index (χ4n) is 4.21. The molecule has 0 aliphatic carbocycles. The van der Waals surface area contributed by atoms with Crippen molar-refractivity contribution in [2.24, 2.45) is 4.99 Å². The number of para-hydroxylation sites is 1. The van der Waals surface area contributed by atoms with E-state index in [0.717, 1.165) is 27.9 Å². The van der Waals surface area contributed by atoms with Crippen LogP contribution in [0.5, 0.6) is 17.2 Å². The maximum Gasteiger partial charge on any atom is 0.325 e. The highest BCUT2D eigenvalue weighted by Gasteiger charge is 2.34. The normalized spacial score (nSPS) is 14.7. The summed E-state index contributed by atoms with van der Waals surface area (Å²) < 4.78 is 21.7. The maximum absolute atomic E-state index is 12.6. The van der Waals surface area contributed by atoms with Crippen LogP contribution in [-0.4, -0.2) is 51.7 Å². The molecule has 4 rings (SSSR count). The van der Waals surface area contributed by atoms with Gasteiger partial charge in [0.2, 0.25) is 5.75 Å². The number of amidine groups is 1. The Morgan fingerprint density at radius 1 is 0.912 bits per heavy atom. The first kappa shape index (κ1) is 23.2. The van der Waals surface area contributed by atoms with Crippen LogP contribution >= 0.6 is 0 Å². The molecule has 0 aromatic heterocycles. The Morgan fingerprint density at radius 3 is 2.15 bits per heavy atom. The minimum absolute atomic E-state index is 0.0128. The molecule has 3 aromatic carbocycles. The van der Waals surface area contributed by atoms with E-state index in [4.69, 9.17) is 23.9 Å². The summed E-state index contributed by atoms with van der Waals surface area (Å²) in [6.07, 6.45) is 0. The van der Waals surface area contributed by atoms with Gasteiger partial charge in [-0.15, -0.1) is 0 Å². The van der Waals surface area contributed by atoms with E-state index in [1.165, 1.54) is 7.11 Å². The van der Waals surface area contributed by atoms with E-state index in [9.17, 15) is 4.79 Å². The van der Waals surface area contributed by atoms with Crippen LogP contribution < -0.4 is 14.2 Å². The Hall–Kier alpha value is -4.00. The molecular formula is C27H28N2O5. The van der Waals surface area contributed by atoms with Crippen molar-refractivity contribution < 1.29 is 23.7 Å². The molecule has 0 fully saturated rings. The van der Waals surface area contributed by atoms with Crippen molar-refractivity contribution in [3.05, 3.63) is 82.9 Å². The smallest absolute Gasteiger partial charge is 0.325 e. The van der Waals surface area contributed by atoms with Crippen LogP contribution in [0.15, 0.2) is 65.7 Å². The molecule has 1 heterocycles. The van der Waals surface area contributed by atoms with Gasteiger partial charge in [0.25, 0.3) is 0 Å². The standard InChI is InChI=1S/C27H28N2O5/c1-17-10-12-18(13-11-17)25-20-8-6-7-9-21(20)28-27(29(25)16-24(30)33-4)19-14-22(31-2)26(34-5)23(15-19)32-3/h6-15,25H,16H2,1-5H3/t25-/m0/s1. The first-order chi connectivity index (χ1) is 16.5. The maximum atomic E-state index is 12.6. The van der Waals surface area contributed by atoms with Gasteiger partial charge in [-0.1, -0.05) is 48.0 Å². The van der Waals surface area contributed by atoms with Crippen LogP contribution in [0.25, 0.3) is 0 Å². The number of methoxy groups -OCH3 is 4. The number of nitrogens with zero attached hydrogens (tertiary/aromatic N) is 2. The molecule has 0 saturated carbocycles. The number of carbonyl (C=O) groups excluding carboxylic acids is 1. The van der Waals surface area contributed by atoms with Crippen molar-refractivity contribution in [2.45, 2.75) is 13.0 Å². The first-order valence-corrected chi connectivity index (χ1v) is 10.9. The van der Waals surface area contributed by atoms with Crippen molar-refractivity contribution in [1.29, 1.82) is 0 Å².